The zero-order valence-electron chi connectivity index (χ0n) is 8.23. The Hall–Kier alpha value is -1.26. The van der Waals surface area contributed by atoms with Gasteiger partial charge in [-0.05, 0) is 24.3 Å². The molecule has 0 heterocycles. The predicted octanol–water partition coefficient (Wildman–Crippen LogP) is 0.427. The summed E-state index contributed by atoms with van der Waals surface area (Å²) in [4.78, 5) is 0. The van der Waals surface area contributed by atoms with Gasteiger partial charge in [-0.3, -0.25) is 0 Å². The molecule has 4 nitrogen and oxygen atoms in total. The molecule has 0 aliphatic rings. The van der Waals surface area contributed by atoms with E-state index in [0.29, 0.717) is 6.54 Å². The molecule has 0 unspecified atom stereocenters. The molecule has 0 aromatic heterocycles. The van der Waals surface area contributed by atoms with Gasteiger partial charge >= 0.3 is 0 Å². The van der Waals surface area contributed by atoms with Crippen molar-refractivity contribution in [2.45, 2.75) is 6.04 Å². The summed E-state index contributed by atoms with van der Waals surface area (Å²) in [6, 6.07) is 7.32. The summed E-state index contributed by atoms with van der Waals surface area (Å²) in [5.41, 5.74) is 6.51. The van der Waals surface area contributed by atoms with Gasteiger partial charge in [0.15, 0.2) is 0 Å². The molecule has 1 aromatic rings. The lowest BCUT2D eigenvalue weighted by molar-refractivity contribution is 0.270. The van der Waals surface area contributed by atoms with Crippen molar-refractivity contribution >= 4 is 5.69 Å². The summed E-state index contributed by atoms with van der Waals surface area (Å²) in [6.45, 7) is 0.548. The second-order valence-corrected chi connectivity index (χ2v) is 3.05. The molecule has 0 aliphatic heterocycles. The maximum atomic E-state index is 8.71. The van der Waals surface area contributed by atoms with E-state index in [0.717, 1.165) is 11.4 Å². The van der Waals surface area contributed by atoms with Gasteiger partial charge in [0.05, 0.1) is 13.7 Å². The van der Waals surface area contributed by atoms with Crippen LogP contribution in [-0.4, -0.2) is 31.4 Å². The molecule has 0 spiro atoms. The average Bonchev–Trinajstić information content (AvgIpc) is 2.26. The number of ether oxygens (including phenoxy) is 1. The Morgan fingerprint density at radius 2 is 2.07 bits per heavy atom. The first-order chi connectivity index (χ1) is 6.76. The third-order valence-corrected chi connectivity index (χ3v) is 1.89. The standard InChI is InChI=1S/C10H16N2O2/c1-14-10-4-2-9(3-5-10)12-6-8(11)7-13/h2-5,8,12-13H,6-7,11H2,1H3/t8-/m1/s1. The third-order valence-electron chi connectivity index (χ3n) is 1.89. The van der Waals surface area contributed by atoms with Crippen molar-refractivity contribution in [3.63, 3.8) is 0 Å². The lowest BCUT2D eigenvalue weighted by Gasteiger charge is -2.11. The van der Waals surface area contributed by atoms with Gasteiger partial charge in [0.25, 0.3) is 0 Å². The number of hydrogen-bond acceptors (Lipinski definition) is 4. The molecule has 1 atom stereocenters. The molecular weight excluding hydrogens is 180 g/mol. The van der Waals surface area contributed by atoms with Crippen molar-refractivity contribution in [2.75, 3.05) is 25.6 Å². The highest BCUT2D eigenvalue weighted by molar-refractivity contribution is 5.46. The maximum Gasteiger partial charge on any atom is 0.119 e. The summed E-state index contributed by atoms with van der Waals surface area (Å²) < 4.78 is 5.02. The van der Waals surface area contributed by atoms with Crippen LogP contribution in [0.3, 0.4) is 0 Å². The lowest BCUT2D eigenvalue weighted by Crippen LogP contribution is -2.32. The fourth-order valence-corrected chi connectivity index (χ4v) is 1.02. The highest BCUT2D eigenvalue weighted by Gasteiger charge is 1.99. The van der Waals surface area contributed by atoms with Gasteiger partial charge in [0.2, 0.25) is 0 Å². The van der Waals surface area contributed by atoms with Crippen LogP contribution >= 0.6 is 0 Å². The summed E-state index contributed by atoms with van der Waals surface area (Å²) in [6.07, 6.45) is 0. The number of benzene rings is 1. The fourth-order valence-electron chi connectivity index (χ4n) is 1.02. The number of nitrogens with one attached hydrogen (secondary N) is 1. The van der Waals surface area contributed by atoms with Gasteiger partial charge < -0.3 is 20.9 Å². The Kier molecular flexibility index (Phi) is 4.22. The molecule has 1 aromatic carbocycles. The molecular formula is C10H16N2O2. The Bertz CT molecular complexity index is 261. The van der Waals surface area contributed by atoms with Crippen LogP contribution in [0.1, 0.15) is 0 Å². The van der Waals surface area contributed by atoms with E-state index in [1.54, 1.807) is 7.11 Å². The summed E-state index contributed by atoms with van der Waals surface area (Å²) in [7, 11) is 1.63. The number of aliphatic hydroxyl groups is 1. The maximum absolute atomic E-state index is 8.71. The first-order valence-corrected chi connectivity index (χ1v) is 4.50. The van der Waals surface area contributed by atoms with Gasteiger partial charge in [-0.1, -0.05) is 0 Å². The minimum absolute atomic E-state index is 0.0108. The largest absolute Gasteiger partial charge is 0.497 e. The predicted molar refractivity (Wildman–Crippen MR) is 56.5 cm³/mol. The van der Waals surface area contributed by atoms with Crippen LogP contribution in [0.4, 0.5) is 5.69 Å². The molecule has 0 amide bonds. The van der Waals surface area contributed by atoms with E-state index in [9.17, 15) is 0 Å². The average molecular weight is 196 g/mol. The normalized spacial score (nSPS) is 12.2. The Morgan fingerprint density at radius 1 is 1.43 bits per heavy atom. The molecule has 0 saturated heterocycles. The Morgan fingerprint density at radius 3 is 2.57 bits per heavy atom. The van der Waals surface area contributed by atoms with E-state index >= 15 is 0 Å². The van der Waals surface area contributed by atoms with Crippen LogP contribution in [0.15, 0.2) is 24.3 Å². The van der Waals surface area contributed by atoms with Crippen LogP contribution < -0.4 is 15.8 Å². The third kappa shape index (κ3) is 3.24. The van der Waals surface area contributed by atoms with Crippen LogP contribution in [0.2, 0.25) is 0 Å². The minimum atomic E-state index is -0.225. The molecule has 14 heavy (non-hydrogen) atoms. The lowest BCUT2D eigenvalue weighted by atomic mass is 10.2. The van der Waals surface area contributed by atoms with Gasteiger partial charge in [0.1, 0.15) is 5.75 Å². The van der Waals surface area contributed by atoms with E-state index in [2.05, 4.69) is 5.32 Å². The summed E-state index contributed by atoms with van der Waals surface area (Å²) in [5, 5.41) is 11.8. The van der Waals surface area contributed by atoms with Gasteiger partial charge in [-0.15, -0.1) is 0 Å². The zero-order valence-corrected chi connectivity index (χ0v) is 8.23. The number of hydrogen-bond donors (Lipinski definition) is 3. The first-order valence-electron chi connectivity index (χ1n) is 4.50. The molecule has 78 valence electrons. The number of anilines is 1. The first kappa shape index (κ1) is 10.8. The van der Waals surface area contributed by atoms with Crippen molar-refractivity contribution in [1.82, 2.24) is 0 Å². The van der Waals surface area contributed by atoms with Gasteiger partial charge in [-0.25, -0.2) is 0 Å². The second kappa shape index (κ2) is 5.47. The molecule has 0 bridgehead atoms. The van der Waals surface area contributed by atoms with Crippen molar-refractivity contribution in [3.05, 3.63) is 24.3 Å². The van der Waals surface area contributed by atoms with Crippen molar-refractivity contribution in [3.8, 4) is 5.75 Å². The number of aliphatic hydroxyl groups excluding tert-OH is 1. The topological polar surface area (TPSA) is 67.5 Å². The molecule has 4 heteroatoms. The number of nitrogens with two attached hydrogens (primary N) is 1. The van der Waals surface area contributed by atoms with E-state index in [4.69, 9.17) is 15.6 Å². The highest BCUT2D eigenvalue weighted by atomic mass is 16.5. The van der Waals surface area contributed by atoms with Crippen molar-refractivity contribution in [1.29, 1.82) is 0 Å². The Balaban J connectivity index is 2.43. The van der Waals surface area contributed by atoms with E-state index in [1.807, 2.05) is 24.3 Å². The number of rotatable bonds is 5. The molecule has 0 fully saturated rings. The van der Waals surface area contributed by atoms with Crippen molar-refractivity contribution in [2.24, 2.45) is 5.73 Å². The molecule has 0 saturated carbocycles. The summed E-state index contributed by atoms with van der Waals surface area (Å²) >= 11 is 0. The van der Waals surface area contributed by atoms with Gasteiger partial charge in [0, 0.05) is 18.3 Å². The summed E-state index contributed by atoms with van der Waals surface area (Å²) in [5.74, 6) is 0.821. The smallest absolute Gasteiger partial charge is 0.119 e. The quantitative estimate of drug-likeness (QED) is 0.638. The van der Waals surface area contributed by atoms with Crippen LogP contribution in [0.25, 0.3) is 0 Å². The van der Waals surface area contributed by atoms with E-state index in [1.165, 1.54) is 0 Å². The SMILES string of the molecule is COc1ccc(NC[C@@H](N)CO)cc1. The minimum Gasteiger partial charge on any atom is -0.497 e. The Labute approximate surface area is 83.7 Å². The highest BCUT2D eigenvalue weighted by Crippen LogP contribution is 2.14. The van der Waals surface area contributed by atoms with Crippen LogP contribution in [0.5, 0.6) is 5.75 Å². The molecule has 1 rings (SSSR count). The zero-order chi connectivity index (χ0) is 10.4. The fraction of sp³-hybridized carbons (Fsp3) is 0.400. The monoisotopic (exact) mass is 196 g/mol. The van der Waals surface area contributed by atoms with Crippen LogP contribution in [-0.2, 0) is 0 Å². The van der Waals surface area contributed by atoms with Crippen LogP contribution in [0, 0.1) is 0 Å². The van der Waals surface area contributed by atoms with Crippen molar-refractivity contribution < 1.29 is 9.84 Å². The van der Waals surface area contributed by atoms with E-state index < -0.39 is 0 Å². The molecule has 0 radical (unpaired) electrons. The molecule has 4 N–H and O–H groups in total. The molecule has 0 aliphatic carbocycles. The number of methoxy groups -OCH3 is 1. The second-order valence-electron chi connectivity index (χ2n) is 3.05. The van der Waals surface area contributed by atoms with E-state index in [-0.39, 0.29) is 12.6 Å². The van der Waals surface area contributed by atoms with Gasteiger partial charge in [-0.2, -0.15) is 0 Å².